The summed E-state index contributed by atoms with van der Waals surface area (Å²) in [7, 11) is 0. The molecule has 0 atom stereocenters. The van der Waals surface area contributed by atoms with E-state index >= 15 is 0 Å². The molecule has 8 heteroatoms. The van der Waals surface area contributed by atoms with Gasteiger partial charge < -0.3 is 20.4 Å². The molecule has 4 amide bonds. The van der Waals surface area contributed by atoms with E-state index in [1.165, 1.54) is 9.80 Å². The van der Waals surface area contributed by atoms with Crippen LogP contribution in [0.25, 0.3) is 0 Å². The minimum atomic E-state index is -0.379. The molecule has 0 spiro atoms. The van der Waals surface area contributed by atoms with E-state index in [1.54, 1.807) is 24.3 Å². The first-order chi connectivity index (χ1) is 14.3. The maximum absolute atomic E-state index is 12.4. The number of hydrogen-bond donors (Lipinski definition) is 2. The number of piperazine rings is 1. The largest absolute Gasteiger partial charge is 0.324 e. The van der Waals surface area contributed by atoms with E-state index in [0.717, 1.165) is 11.1 Å². The highest BCUT2D eigenvalue weighted by Gasteiger charge is 2.32. The van der Waals surface area contributed by atoms with Crippen molar-refractivity contribution in [1.29, 1.82) is 0 Å². The molecule has 0 bridgehead atoms. The van der Waals surface area contributed by atoms with Crippen molar-refractivity contribution < 1.29 is 19.2 Å². The summed E-state index contributed by atoms with van der Waals surface area (Å²) in [6, 6.07) is 14.6. The van der Waals surface area contributed by atoms with E-state index in [-0.39, 0.29) is 49.8 Å². The van der Waals surface area contributed by atoms with Crippen molar-refractivity contribution in [3.8, 4) is 0 Å². The lowest BCUT2D eigenvalue weighted by Crippen LogP contribution is -2.56. The first kappa shape index (κ1) is 21.0. The quantitative estimate of drug-likeness (QED) is 0.758. The first-order valence-corrected chi connectivity index (χ1v) is 9.60. The van der Waals surface area contributed by atoms with Crippen molar-refractivity contribution in [3.63, 3.8) is 0 Å². The van der Waals surface area contributed by atoms with Crippen molar-refractivity contribution in [2.45, 2.75) is 13.8 Å². The molecule has 1 aliphatic rings. The number of rotatable bonds is 6. The Morgan fingerprint density at radius 2 is 1.10 bits per heavy atom. The Hall–Kier alpha value is -3.68. The molecule has 2 aromatic carbocycles. The Morgan fingerprint density at radius 1 is 0.733 bits per heavy atom. The van der Waals surface area contributed by atoms with Gasteiger partial charge in [-0.1, -0.05) is 36.4 Å². The number of aryl methyl sites for hydroxylation is 2. The van der Waals surface area contributed by atoms with Gasteiger partial charge in [-0.25, -0.2) is 0 Å². The second-order valence-corrected chi connectivity index (χ2v) is 7.23. The molecule has 156 valence electrons. The molecule has 3 rings (SSSR count). The van der Waals surface area contributed by atoms with Crippen molar-refractivity contribution in [3.05, 3.63) is 59.7 Å². The standard InChI is InChI=1S/C22H24N4O4/c1-15-7-3-5-9-17(15)23-19(27)11-25-13-22(30)26(14-21(25)29)12-20(28)24-18-10-6-4-8-16(18)2/h3-10H,11-14H2,1-2H3,(H,23,27)(H,24,28). The van der Waals surface area contributed by atoms with Gasteiger partial charge in [-0.2, -0.15) is 0 Å². The number of nitrogens with zero attached hydrogens (tertiary/aromatic N) is 2. The molecule has 0 aliphatic carbocycles. The van der Waals surface area contributed by atoms with Gasteiger partial charge in [0.25, 0.3) is 0 Å². The molecule has 0 radical (unpaired) electrons. The molecule has 2 N–H and O–H groups in total. The van der Waals surface area contributed by atoms with Crippen LogP contribution in [0.5, 0.6) is 0 Å². The Kier molecular flexibility index (Phi) is 6.46. The summed E-state index contributed by atoms with van der Waals surface area (Å²) >= 11 is 0. The van der Waals surface area contributed by atoms with Crippen LogP contribution in [0.1, 0.15) is 11.1 Å². The van der Waals surface area contributed by atoms with Crippen LogP contribution in [0.4, 0.5) is 11.4 Å². The summed E-state index contributed by atoms with van der Waals surface area (Å²) in [4.78, 5) is 51.8. The minimum Gasteiger partial charge on any atom is -0.324 e. The van der Waals surface area contributed by atoms with Gasteiger partial charge in [-0.3, -0.25) is 19.2 Å². The fourth-order valence-electron chi connectivity index (χ4n) is 3.14. The minimum absolute atomic E-state index is 0.220. The van der Waals surface area contributed by atoms with Gasteiger partial charge in [-0.15, -0.1) is 0 Å². The van der Waals surface area contributed by atoms with Crippen LogP contribution in [0, 0.1) is 13.8 Å². The lowest BCUT2D eigenvalue weighted by molar-refractivity contribution is -0.152. The van der Waals surface area contributed by atoms with Gasteiger partial charge in [0.1, 0.15) is 26.2 Å². The Labute approximate surface area is 174 Å². The van der Waals surface area contributed by atoms with Gasteiger partial charge >= 0.3 is 0 Å². The number of amides is 4. The molecule has 8 nitrogen and oxygen atoms in total. The van der Waals surface area contributed by atoms with Crippen LogP contribution >= 0.6 is 0 Å². The van der Waals surface area contributed by atoms with Crippen molar-refractivity contribution in [1.82, 2.24) is 9.80 Å². The smallest absolute Gasteiger partial charge is 0.244 e. The Balaban J connectivity index is 1.53. The van der Waals surface area contributed by atoms with E-state index in [9.17, 15) is 19.2 Å². The van der Waals surface area contributed by atoms with Crippen molar-refractivity contribution >= 4 is 35.0 Å². The van der Waals surface area contributed by atoms with Crippen LogP contribution in [-0.2, 0) is 19.2 Å². The van der Waals surface area contributed by atoms with Crippen LogP contribution in [0.3, 0.4) is 0 Å². The highest BCUT2D eigenvalue weighted by molar-refractivity contribution is 6.01. The highest BCUT2D eigenvalue weighted by atomic mass is 16.2. The molecule has 1 aliphatic heterocycles. The number of carbonyl (C=O) groups is 4. The summed E-state index contributed by atoms with van der Waals surface area (Å²) < 4.78 is 0. The van der Waals surface area contributed by atoms with E-state index in [1.807, 2.05) is 38.1 Å². The number of nitrogens with one attached hydrogen (secondary N) is 2. The molecule has 1 fully saturated rings. The Bertz CT molecular complexity index is 909. The van der Waals surface area contributed by atoms with Gasteiger partial charge in [-0.05, 0) is 37.1 Å². The van der Waals surface area contributed by atoms with Gasteiger partial charge in [0.2, 0.25) is 23.6 Å². The number of hydrogen-bond acceptors (Lipinski definition) is 4. The van der Waals surface area contributed by atoms with Crippen LogP contribution in [0.15, 0.2) is 48.5 Å². The zero-order valence-corrected chi connectivity index (χ0v) is 17.0. The third kappa shape index (κ3) is 5.22. The average molecular weight is 408 g/mol. The maximum atomic E-state index is 12.4. The monoisotopic (exact) mass is 408 g/mol. The summed E-state index contributed by atoms with van der Waals surface area (Å²) in [6.45, 7) is 2.82. The summed E-state index contributed by atoms with van der Waals surface area (Å²) in [5, 5.41) is 5.49. The summed E-state index contributed by atoms with van der Waals surface area (Å²) in [6.07, 6.45) is 0. The van der Waals surface area contributed by atoms with E-state index in [4.69, 9.17) is 0 Å². The molecule has 1 heterocycles. The van der Waals surface area contributed by atoms with E-state index in [2.05, 4.69) is 10.6 Å². The van der Waals surface area contributed by atoms with Gasteiger partial charge in [0.15, 0.2) is 0 Å². The molecule has 0 unspecified atom stereocenters. The predicted molar refractivity (Wildman–Crippen MR) is 113 cm³/mol. The lowest BCUT2D eigenvalue weighted by atomic mass is 10.2. The van der Waals surface area contributed by atoms with E-state index in [0.29, 0.717) is 11.4 Å². The van der Waals surface area contributed by atoms with E-state index < -0.39 is 0 Å². The number of benzene rings is 2. The van der Waals surface area contributed by atoms with Gasteiger partial charge in [0.05, 0.1) is 0 Å². The fraction of sp³-hybridized carbons (Fsp3) is 0.273. The Morgan fingerprint density at radius 3 is 1.47 bits per heavy atom. The maximum Gasteiger partial charge on any atom is 0.244 e. The van der Waals surface area contributed by atoms with Crippen LogP contribution in [0.2, 0.25) is 0 Å². The number of para-hydroxylation sites is 2. The third-order valence-electron chi connectivity index (χ3n) is 4.86. The first-order valence-electron chi connectivity index (χ1n) is 9.60. The van der Waals surface area contributed by atoms with Crippen LogP contribution in [-0.4, -0.2) is 59.6 Å². The van der Waals surface area contributed by atoms with Gasteiger partial charge in [0, 0.05) is 11.4 Å². The zero-order chi connectivity index (χ0) is 21.7. The SMILES string of the molecule is Cc1ccccc1NC(=O)CN1CC(=O)N(CC(=O)Nc2ccccc2C)CC1=O. The topological polar surface area (TPSA) is 98.8 Å². The molecular formula is C22H24N4O4. The third-order valence-corrected chi connectivity index (χ3v) is 4.86. The lowest BCUT2D eigenvalue weighted by Gasteiger charge is -2.33. The average Bonchev–Trinajstić information content (AvgIpc) is 2.69. The fourth-order valence-corrected chi connectivity index (χ4v) is 3.14. The highest BCUT2D eigenvalue weighted by Crippen LogP contribution is 2.15. The normalized spacial score (nSPS) is 13.9. The van der Waals surface area contributed by atoms with Crippen LogP contribution < -0.4 is 10.6 Å². The summed E-state index contributed by atoms with van der Waals surface area (Å²) in [5.74, 6) is -1.51. The zero-order valence-electron chi connectivity index (χ0n) is 17.0. The van der Waals surface area contributed by atoms with Crippen molar-refractivity contribution in [2.75, 3.05) is 36.8 Å². The molecule has 0 saturated carbocycles. The number of carbonyl (C=O) groups excluding carboxylic acids is 4. The molecule has 1 saturated heterocycles. The predicted octanol–water partition coefficient (Wildman–Crippen LogP) is 1.55. The number of anilines is 2. The second-order valence-electron chi connectivity index (χ2n) is 7.23. The molecule has 0 aromatic heterocycles. The second kappa shape index (κ2) is 9.21. The molecular weight excluding hydrogens is 384 g/mol. The van der Waals surface area contributed by atoms with Crippen molar-refractivity contribution in [2.24, 2.45) is 0 Å². The summed E-state index contributed by atoms with van der Waals surface area (Å²) in [5.41, 5.74) is 3.12. The molecule has 2 aromatic rings. The molecule has 30 heavy (non-hydrogen) atoms.